The molecule has 2 aliphatic rings. The van der Waals surface area contributed by atoms with Gasteiger partial charge >= 0.3 is 0 Å². The molecule has 4 rings (SSSR count). The van der Waals surface area contributed by atoms with Gasteiger partial charge in [-0.05, 0) is 64.7 Å². The first kappa shape index (κ1) is 24.2. The zero-order chi connectivity index (χ0) is 24.6. The molecule has 6 nitrogen and oxygen atoms in total. The summed E-state index contributed by atoms with van der Waals surface area (Å²) in [4.78, 5) is 31.8. The fraction of sp³-hybridized carbons (Fsp3) is 0.423. The second-order valence-electron chi connectivity index (χ2n) is 9.50. The predicted octanol–water partition coefficient (Wildman–Crippen LogP) is 4.86. The van der Waals surface area contributed by atoms with Crippen molar-refractivity contribution in [1.29, 1.82) is 0 Å². The van der Waals surface area contributed by atoms with E-state index in [0.29, 0.717) is 40.3 Å². The van der Waals surface area contributed by atoms with Gasteiger partial charge in [-0.2, -0.15) is 0 Å². The minimum atomic E-state index is -0.790. The topological polar surface area (TPSA) is 74.3 Å². The highest BCUT2D eigenvalue weighted by molar-refractivity contribution is 6.30. The van der Waals surface area contributed by atoms with Crippen molar-refractivity contribution in [2.75, 3.05) is 0 Å². The highest BCUT2D eigenvalue weighted by atomic mass is 35.5. The molecule has 1 saturated carbocycles. The summed E-state index contributed by atoms with van der Waals surface area (Å²) in [5, 5.41) is 6.58. The molecule has 1 aromatic heterocycles. The van der Waals surface area contributed by atoms with E-state index in [1.165, 1.54) is 12.3 Å². The average Bonchev–Trinajstić information content (AvgIpc) is 3.50. The lowest BCUT2D eigenvalue weighted by molar-refractivity contribution is -0.124. The van der Waals surface area contributed by atoms with Crippen molar-refractivity contribution in [2.45, 2.75) is 70.1 Å². The summed E-state index contributed by atoms with van der Waals surface area (Å²) in [6.45, 7) is 9.77. The van der Waals surface area contributed by atoms with Crippen molar-refractivity contribution < 1.29 is 14.0 Å². The molecule has 3 atom stereocenters. The Morgan fingerprint density at radius 1 is 1.18 bits per heavy atom. The van der Waals surface area contributed by atoms with Crippen LogP contribution in [0, 0.1) is 5.82 Å². The number of hydrogen-bond donors (Lipinski definition) is 2. The molecule has 8 heteroatoms. The van der Waals surface area contributed by atoms with Crippen LogP contribution in [-0.4, -0.2) is 39.3 Å². The number of rotatable bonds is 7. The van der Waals surface area contributed by atoms with E-state index in [1.54, 1.807) is 31.3 Å². The molecule has 180 valence electrons. The number of carbonyl (C=O) groups is 2. The Morgan fingerprint density at radius 3 is 2.44 bits per heavy atom. The molecule has 2 unspecified atom stereocenters. The molecule has 34 heavy (non-hydrogen) atoms. The van der Waals surface area contributed by atoms with Crippen LogP contribution in [0.1, 0.15) is 74.0 Å². The lowest BCUT2D eigenvalue weighted by atomic mass is 10.0. The lowest BCUT2D eigenvalue weighted by Gasteiger charge is -2.27. The number of halogens is 2. The van der Waals surface area contributed by atoms with E-state index < -0.39 is 17.4 Å². The number of benzene rings is 1. The van der Waals surface area contributed by atoms with E-state index in [1.807, 2.05) is 18.7 Å². The number of pyridine rings is 1. The molecule has 0 bridgehead atoms. The van der Waals surface area contributed by atoms with Gasteiger partial charge < -0.3 is 15.5 Å². The van der Waals surface area contributed by atoms with Crippen LogP contribution in [0.25, 0.3) is 5.70 Å². The summed E-state index contributed by atoms with van der Waals surface area (Å²) in [6.07, 6.45) is 6.33. The Morgan fingerprint density at radius 2 is 1.85 bits per heavy atom. The zero-order valence-electron chi connectivity index (χ0n) is 19.7. The number of likely N-dealkylation sites (tertiary alicyclic amines) is 1. The lowest BCUT2D eigenvalue weighted by Crippen LogP contribution is -2.46. The van der Waals surface area contributed by atoms with E-state index >= 15 is 4.39 Å². The van der Waals surface area contributed by atoms with Crippen molar-refractivity contribution in [3.63, 3.8) is 0 Å². The monoisotopic (exact) mass is 484 g/mol. The maximum atomic E-state index is 15.0. The number of aromatic nitrogens is 1. The van der Waals surface area contributed by atoms with Crippen LogP contribution in [0.5, 0.6) is 0 Å². The second kappa shape index (κ2) is 9.37. The molecular weight excluding hydrogens is 455 g/mol. The van der Waals surface area contributed by atoms with Gasteiger partial charge in [0.15, 0.2) is 0 Å². The largest absolute Gasteiger partial charge is 0.371 e. The highest BCUT2D eigenvalue weighted by Crippen LogP contribution is 2.38. The van der Waals surface area contributed by atoms with Gasteiger partial charge in [-0.25, -0.2) is 4.39 Å². The first-order valence-corrected chi connectivity index (χ1v) is 12.0. The molecule has 1 saturated heterocycles. The average molecular weight is 485 g/mol. The van der Waals surface area contributed by atoms with E-state index in [0.717, 1.165) is 12.8 Å². The van der Waals surface area contributed by atoms with Crippen LogP contribution >= 0.6 is 11.6 Å². The maximum Gasteiger partial charge on any atom is 0.254 e. The molecule has 1 aliphatic heterocycles. The van der Waals surface area contributed by atoms with E-state index in [-0.39, 0.29) is 23.9 Å². The smallest absolute Gasteiger partial charge is 0.254 e. The van der Waals surface area contributed by atoms with Crippen molar-refractivity contribution >= 4 is 29.1 Å². The van der Waals surface area contributed by atoms with Crippen LogP contribution in [0.4, 0.5) is 4.39 Å². The van der Waals surface area contributed by atoms with E-state index in [4.69, 9.17) is 11.6 Å². The van der Waals surface area contributed by atoms with E-state index in [9.17, 15) is 9.59 Å². The van der Waals surface area contributed by atoms with Crippen molar-refractivity contribution in [3.8, 4) is 0 Å². The Labute approximate surface area is 204 Å². The van der Waals surface area contributed by atoms with Crippen LogP contribution in [0.3, 0.4) is 0 Å². The fourth-order valence-electron chi connectivity index (χ4n) is 4.64. The van der Waals surface area contributed by atoms with Gasteiger partial charge in [0.25, 0.3) is 5.91 Å². The fourth-order valence-corrected chi connectivity index (χ4v) is 4.81. The minimum Gasteiger partial charge on any atom is -0.371 e. The first-order valence-electron chi connectivity index (χ1n) is 11.6. The van der Waals surface area contributed by atoms with Gasteiger partial charge in [-0.1, -0.05) is 24.2 Å². The summed E-state index contributed by atoms with van der Waals surface area (Å²) in [5.41, 5.74) is 1.12. The number of amides is 2. The summed E-state index contributed by atoms with van der Waals surface area (Å²) < 4.78 is 15.0. The third kappa shape index (κ3) is 4.80. The van der Waals surface area contributed by atoms with E-state index in [2.05, 4.69) is 22.2 Å². The Hall–Kier alpha value is -2.93. The van der Waals surface area contributed by atoms with Gasteiger partial charge in [0.1, 0.15) is 11.4 Å². The number of nitrogens with zero attached hydrogens (tertiary/aromatic N) is 2. The van der Waals surface area contributed by atoms with Crippen molar-refractivity contribution in [3.05, 3.63) is 70.8 Å². The third-order valence-corrected chi connectivity index (χ3v) is 7.08. The van der Waals surface area contributed by atoms with Gasteiger partial charge in [-0.15, -0.1) is 0 Å². The van der Waals surface area contributed by atoms with Gasteiger partial charge in [0.05, 0.1) is 11.1 Å². The van der Waals surface area contributed by atoms with Crippen LogP contribution in [0.15, 0.2) is 43.2 Å². The quantitative estimate of drug-likeness (QED) is 0.588. The molecule has 2 heterocycles. The van der Waals surface area contributed by atoms with Gasteiger partial charge in [0.2, 0.25) is 5.91 Å². The maximum absolute atomic E-state index is 15.0. The highest BCUT2D eigenvalue weighted by Gasteiger charge is 2.50. The first-order chi connectivity index (χ1) is 16.1. The molecule has 2 amide bonds. The minimum absolute atomic E-state index is 0.142. The number of carbonyl (C=O) groups excluding carboxylic acids is 2. The molecule has 1 aliphatic carbocycles. The molecule has 2 aromatic rings. The normalized spacial score (nSPS) is 21.6. The standard InChI is InChI=1S/C26H30ClFN4O2/c1-15-5-6-16(2)32(15)24(33)19-7-8-22(23(28)12-19)18(4)30-25(34)26(9-10-26)31-17(3)20-11-21(27)14-29-13-20/h7-8,11-16,18,31H,3,5-6,9-10H2,1-2,4H3,(H,30,34)/t15?,16?,18-/m1/s1. The van der Waals surface area contributed by atoms with Gasteiger partial charge in [0, 0.05) is 46.9 Å². The SMILES string of the molecule is C=C(NC1(C(=O)N[C@H](C)c2ccc(C(=O)N3C(C)CCC3C)cc2F)CC1)c1cncc(Cl)c1. The van der Waals surface area contributed by atoms with Crippen LogP contribution < -0.4 is 10.6 Å². The van der Waals surface area contributed by atoms with Crippen LogP contribution in [-0.2, 0) is 4.79 Å². The summed E-state index contributed by atoms with van der Waals surface area (Å²) >= 11 is 6.00. The third-order valence-electron chi connectivity index (χ3n) is 6.88. The molecule has 2 fully saturated rings. The molecule has 0 spiro atoms. The van der Waals surface area contributed by atoms with Crippen LogP contribution in [0.2, 0.25) is 5.02 Å². The molecule has 0 radical (unpaired) electrons. The summed E-state index contributed by atoms with van der Waals surface area (Å²) in [5.74, 6) is -0.893. The Balaban J connectivity index is 1.42. The van der Waals surface area contributed by atoms with Crippen molar-refractivity contribution in [1.82, 2.24) is 20.5 Å². The van der Waals surface area contributed by atoms with Gasteiger partial charge in [-0.3, -0.25) is 14.6 Å². The Bertz CT molecular complexity index is 1120. The number of nitrogens with one attached hydrogen (secondary N) is 2. The summed E-state index contributed by atoms with van der Waals surface area (Å²) in [7, 11) is 0. The molecule has 1 aromatic carbocycles. The number of hydrogen-bond acceptors (Lipinski definition) is 4. The zero-order valence-corrected chi connectivity index (χ0v) is 20.5. The molecule has 2 N–H and O–H groups in total. The second-order valence-corrected chi connectivity index (χ2v) is 9.93. The Kier molecular flexibility index (Phi) is 6.67. The molecular formula is C26H30ClFN4O2. The predicted molar refractivity (Wildman–Crippen MR) is 131 cm³/mol. The summed E-state index contributed by atoms with van der Waals surface area (Å²) in [6, 6.07) is 5.94. The van der Waals surface area contributed by atoms with Crippen molar-refractivity contribution in [2.24, 2.45) is 0 Å².